The lowest BCUT2D eigenvalue weighted by Gasteiger charge is -2.29. The van der Waals surface area contributed by atoms with Crippen LogP contribution in [0.4, 0.5) is 0 Å². The number of hydrogen-bond donors (Lipinski definition) is 0. The molecule has 0 fully saturated rings. The van der Waals surface area contributed by atoms with E-state index in [0.29, 0.717) is 23.7 Å². The van der Waals surface area contributed by atoms with Crippen LogP contribution >= 0.6 is 0 Å². The molecule has 1 unspecified atom stereocenters. The van der Waals surface area contributed by atoms with Crippen molar-refractivity contribution >= 4 is 0 Å². The first-order valence-corrected chi connectivity index (χ1v) is 6.29. The first kappa shape index (κ1) is 16.1. The standard InChI is InChI=1S/C15H22N2O3/c1-15(10-16,17(2)3)9-11-7-12(18-4)14(20-6)13(8-11)19-5/h7-8H,9H2,1-6H3. The van der Waals surface area contributed by atoms with E-state index >= 15 is 0 Å². The molecule has 1 aromatic rings. The second-order valence-electron chi connectivity index (χ2n) is 4.99. The average molecular weight is 278 g/mol. The van der Waals surface area contributed by atoms with Gasteiger partial charge in [-0.05, 0) is 38.7 Å². The SMILES string of the molecule is COc1cc(CC(C)(C#N)N(C)C)cc(OC)c1OC. The highest BCUT2D eigenvalue weighted by Gasteiger charge is 2.28. The molecule has 0 aliphatic carbocycles. The molecule has 0 radical (unpaired) electrons. The van der Waals surface area contributed by atoms with Gasteiger partial charge in [-0.2, -0.15) is 5.26 Å². The Morgan fingerprint density at radius 1 is 1.10 bits per heavy atom. The van der Waals surface area contributed by atoms with Crippen LogP contribution in [0.2, 0.25) is 0 Å². The van der Waals surface area contributed by atoms with Crippen molar-refractivity contribution in [1.29, 1.82) is 5.26 Å². The molecule has 0 N–H and O–H groups in total. The second-order valence-corrected chi connectivity index (χ2v) is 4.99. The number of nitriles is 1. The maximum absolute atomic E-state index is 9.39. The molecule has 0 aromatic heterocycles. The summed E-state index contributed by atoms with van der Waals surface area (Å²) in [6.07, 6.45) is 0.563. The van der Waals surface area contributed by atoms with Crippen molar-refractivity contribution in [3.8, 4) is 23.3 Å². The van der Waals surface area contributed by atoms with Crippen molar-refractivity contribution in [2.75, 3.05) is 35.4 Å². The normalized spacial score (nSPS) is 13.5. The fourth-order valence-electron chi connectivity index (χ4n) is 1.93. The second kappa shape index (κ2) is 6.49. The summed E-state index contributed by atoms with van der Waals surface area (Å²) in [5.74, 6) is 1.75. The Labute approximate surface area is 120 Å². The summed E-state index contributed by atoms with van der Waals surface area (Å²) in [4.78, 5) is 1.90. The van der Waals surface area contributed by atoms with E-state index in [9.17, 15) is 5.26 Å². The number of methoxy groups -OCH3 is 3. The first-order valence-electron chi connectivity index (χ1n) is 6.29. The lowest BCUT2D eigenvalue weighted by molar-refractivity contribution is 0.236. The molecule has 0 spiro atoms. The fourth-order valence-corrected chi connectivity index (χ4v) is 1.93. The predicted octanol–water partition coefficient (Wildman–Crippen LogP) is 2.10. The van der Waals surface area contributed by atoms with Gasteiger partial charge in [0.05, 0.1) is 27.4 Å². The van der Waals surface area contributed by atoms with Crippen molar-refractivity contribution in [2.45, 2.75) is 18.9 Å². The molecule has 0 saturated carbocycles. The summed E-state index contributed by atoms with van der Waals surface area (Å²) in [6.45, 7) is 1.90. The van der Waals surface area contributed by atoms with Crippen LogP contribution in [0, 0.1) is 11.3 Å². The Bertz CT molecular complexity index is 483. The Morgan fingerprint density at radius 2 is 1.60 bits per heavy atom. The summed E-state index contributed by atoms with van der Waals surface area (Å²) in [6, 6.07) is 6.09. The molecule has 1 atom stereocenters. The van der Waals surface area contributed by atoms with Crippen LogP contribution in [-0.2, 0) is 6.42 Å². The molecular weight excluding hydrogens is 256 g/mol. The van der Waals surface area contributed by atoms with Gasteiger partial charge in [-0.25, -0.2) is 0 Å². The summed E-state index contributed by atoms with van der Waals surface area (Å²) >= 11 is 0. The number of hydrogen-bond acceptors (Lipinski definition) is 5. The zero-order chi connectivity index (χ0) is 15.3. The molecule has 0 saturated heterocycles. The van der Waals surface area contributed by atoms with E-state index in [1.54, 1.807) is 21.3 Å². The molecule has 5 nitrogen and oxygen atoms in total. The number of rotatable bonds is 6. The minimum atomic E-state index is -0.593. The Morgan fingerprint density at radius 3 is 1.90 bits per heavy atom. The third-order valence-corrected chi connectivity index (χ3v) is 3.50. The molecule has 110 valence electrons. The lowest BCUT2D eigenvalue weighted by atomic mass is 9.93. The van der Waals surface area contributed by atoms with Crippen LogP contribution < -0.4 is 14.2 Å². The number of ether oxygens (including phenoxy) is 3. The van der Waals surface area contributed by atoms with E-state index in [0.717, 1.165) is 5.56 Å². The monoisotopic (exact) mass is 278 g/mol. The average Bonchev–Trinajstić information content (AvgIpc) is 2.45. The molecule has 0 amide bonds. The Balaban J connectivity index is 3.24. The van der Waals surface area contributed by atoms with Gasteiger partial charge in [-0.15, -0.1) is 0 Å². The van der Waals surface area contributed by atoms with Gasteiger partial charge in [-0.3, -0.25) is 4.90 Å². The summed E-state index contributed by atoms with van der Waals surface area (Å²) in [5.41, 5.74) is 0.363. The summed E-state index contributed by atoms with van der Waals surface area (Å²) < 4.78 is 15.9. The topological polar surface area (TPSA) is 54.7 Å². The largest absolute Gasteiger partial charge is 0.493 e. The van der Waals surface area contributed by atoms with E-state index in [4.69, 9.17) is 14.2 Å². The minimum Gasteiger partial charge on any atom is -0.493 e. The van der Waals surface area contributed by atoms with Crippen LogP contribution in [-0.4, -0.2) is 45.9 Å². The van der Waals surface area contributed by atoms with E-state index in [2.05, 4.69) is 6.07 Å². The van der Waals surface area contributed by atoms with Gasteiger partial charge in [0.1, 0.15) is 5.54 Å². The molecule has 0 heterocycles. The van der Waals surface area contributed by atoms with Gasteiger partial charge < -0.3 is 14.2 Å². The van der Waals surface area contributed by atoms with Crippen LogP contribution in [0.3, 0.4) is 0 Å². The maximum atomic E-state index is 9.39. The van der Waals surface area contributed by atoms with Gasteiger partial charge in [-0.1, -0.05) is 0 Å². The molecule has 1 rings (SSSR count). The zero-order valence-electron chi connectivity index (χ0n) is 13.0. The van der Waals surface area contributed by atoms with Gasteiger partial charge >= 0.3 is 0 Å². The van der Waals surface area contributed by atoms with E-state index in [1.165, 1.54) is 0 Å². The molecule has 0 aliphatic heterocycles. The van der Waals surface area contributed by atoms with Crippen molar-refractivity contribution in [2.24, 2.45) is 0 Å². The molecule has 0 bridgehead atoms. The molecule has 20 heavy (non-hydrogen) atoms. The number of nitrogens with zero attached hydrogens (tertiary/aromatic N) is 2. The van der Waals surface area contributed by atoms with E-state index in [-0.39, 0.29) is 0 Å². The van der Waals surface area contributed by atoms with E-state index in [1.807, 2.05) is 38.1 Å². The van der Waals surface area contributed by atoms with Crippen LogP contribution in [0.5, 0.6) is 17.2 Å². The Kier molecular flexibility index (Phi) is 5.23. The summed E-state index contributed by atoms with van der Waals surface area (Å²) in [7, 11) is 8.51. The summed E-state index contributed by atoms with van der Waals surface area (Å²) in [5, 5.41) is 9.39. The van der Waals surface area contributed by atoms with Gasteiger partial charge in [0.25, 0.3) is 0 Å². The highest BCUT2D eigenvalue weighted by Crippen LogP contribution is 2.39. The third kappa shape index (κ3) is 3.14. The Hall–Kier alpha value is -1.93. The van der Waals surface area contributed by atoms with Crippen LogP contribution in [0.1, 0.15) is 12.5 Å². The van der Waals surface area contributed by atoms with Gasteiger partial charge in [0, 0.05) is 6.42 Å². The quantitative estimate of drug-likeness (QED) is 0.797. The first-order chi connectivity index (χ1) is 9.41. The number of likely N-dealkylation sites (N-methyl/N-ethyl adjacent to an activating group) is 1. The highest BCUT2D eigenvalue weighted by atomic mass is 16.5. The zero-order valence-corrected chi connectivity index (χ0v) is 13.0. The smallest absolute Gasteiger partial charge is 0.203 e. The van der Waals surface area contributed by atoms with Crippen molar-refractivity contribution in [3.05, 3.63) is 17.7 Å². The number of benzene rings is 1. The van der Waals surface area contributed by atoms with Gasteiger partial charge in [0.15, 0.2) is 11.5 Å². The highest BCUT2D eigenvalue weighted by molar-refractivity contribution is 5.54. The van der Waals surface area contributed by atoms with Crippen molar-refractivity contribution < 1.29 is 14.2 Å². The molecular formula is C15H22N2O3. The fraction of sp³-hybridized carbons (Fsp3) is 0.533. The third-order valence-electron chi connectivity index (χ3n) is 3.50. The maximum Gasteiger partial charge on any atom is 0.203 e. The van der Waals surface area contributed by atoms with Gasteiger partial charge in [0.2, 0.25) is 5.75 Å². The van der Waals surface area contributed by atoms with Crippen molar-refractivity contribution in [1.82, 2.24) is 4.90 Å². The molecule has 1 aromatic carbocycles. The molecule has 5 heteroatoms. The predicted molar refractivity (Wildman–Crippen MR) is 77.5 cm³/mol. The lowest BCUT2D eigenvalue weighted by Crippen LogP contribution is -2.41. The van der Waals surface area contributed by atoms with Crippen molar-refractivity contribution in [3.63, 3.8) is 0 Å². The van der Waals surface area contributed by atoms with E-state index < -0.39 is 5.54 Å². The van der Waals surface area contributed by atoms with Crippen LogP contribution in [0.15, 0.2) is 12.1 Å². The minimum absolute atomic E-state index is 0.558. The van der Waals surface area contributed by atoms with Crippen LogP contribution in [0.25, 0.3) is 0 Å². The molecule has 0 aliphatic rings.